The van der Waals surface area contributed by atoms with Crippen molar-refractivity contribution in [2.45, 2.75) is 141 Å². The standard InChI is InChI=1S/C59H77N9O9S2/c1-34(2)48-52(71)60-37(6)36(5)59(76)77-47(31-41-25-18-13-19-26-41)57(74)67(10)49(35(3)4)58(75)68-28-20-27-44(68)56(73)66(9)46(30-40-23-16-12-17-24-40)54-62-42(32-79-54)50(69)61-38(7)53-63-43(33-78-53)55(72)65(8)45(51(70)64-48)29-39-21-14-11-15-22-39/h11-19,21-26,34-38,42-49H,20,27-33H2,1-10H3,(H,60,71)(H,61,69)(H,64,70)/t36-,37-,38-,42+,43?,44+,45-,46-,47+,48+,49+/m1/s1. The highest BCUT2D eigenvalue weighted by molar-refractivity contribution is 8.14. The summed E-state index contributed by atoms with van der Waals surface area (Å²) in [6.45, 7) is 12.5. The van der Waals surface area contributed by atoms with Crippen LogP contribution in [-0.2, 0) is 62.4 Å². The van der Waals surface area contributed by atoms with Crippen LogP contribution in [0, 0.1) is 17.8 Å². The first kappa shape index (κ1) is 60.1. The number of rotatable bonds is 8. The van der Waals surface area contributed by atoms with Gasteiger partial charge in [0.25, 0.3) is 5.91 Å². The van der Waals surface area contributed by atoms with Gasteiger partial charge in [0.1, 0.15) is 36.3 Å². The molecule has 424 valence electrons. The number of fused-ring (bicyclic) bond motifs is 3. The summed E-state index contributed by atoms with van der Waals surface area (Å²) in [5.74, 6) is -5.26. The number of hydrogen-bond acceptors (Lipinski definition) is 13. The monoisotopic (exact) mass is 1120 g/mol. The number of esters is 1. The van der Waals surface area contributed by atoms with Gasteiger partial charge in [-0.15, -0.1) is 23.5 Å². The summed E-state index contributed by atoms with van der Waals surface area (Å²) in [7, 11) is 4.76. The van der Waals surface area contributed by atoms with E-state index in [1.54, 1.807) is 58.5 Å². The fraction of sp³-hybridized carbons (Fsp3) is 0.525. The molecule has 4 heterocycles. The van der Waals surface area contributed by atoms with Crippen LogP contribution in [0.25, 0.3) is 0 Å². The number of aliphatic imine (C=N–C) groups is 2. The first-order valence-electron chi connectivity index (χ1n) is 27.4. The summed E-state index contributed by atoms with van der Waals surface area (Å²) >= 11 is 2.75. The van der Waals surface area contributed by atoms with Crippen LogP contribution in [-0.4, -0.2) is 177 Å². The van der Waals surface area contributed by atoms with E-state index >= 15 is 4.79 Å². The normalized spacial score (nSPS) is 28.7. The molecule has 20 heteroatoms. The maximum absolute atomic E-state index is 15.0. The molecule has 1 fully saturated rings. The molecule has 18 nitrogen and oxygen atoms in total. The number of benzene rings is 3. The molecule has 7 amide bonds. The summed E-state index contributed by atoms with van der Waals surface area (Å²) < 4.78 is 6.12. The highest BCUT2D eigenvalue weighted by Crippen LogP contribution is 2.30. The SMILES string of the molecule is CC(C)[C@@H]1NC(=O)[C@@H](Cc2ccccc2)N(C)C(=O)C2CSC(=N2)[C@@H](C)NC(=O)[C@@H]2CSC(=N2)[C@@H](Cc2ccccc2)N(C)C(=O)[C@@H]2CCCN2C(=O)[C@H](C(C)C)N(C)C(=O)[C@H](Cc2ccccc2)OC(=O)[C@H](C)[C@@H](C)NC1=O. The maximum Gasteiger partial charge on any atom is 0.311 e. The molecule has 1 unspecified atom stereocenters. The highest BCUT2D eigenvalue weighted by Gasteiger charge is 2.45. The van der Waals surface area contributed by atoms with Crippen LogP contribution in [0.1, 0.15) is 78.0 Å². The molecule has 0 aliphatic carbocycles. The number of amides is 7. The Morgan fingerprint density at radius 1 is 0.570 bits per heavy atom. The van der Waals surface area contributed by atoms with Crippen LogP contribution in [0.2, 0.25) is 0 Å². The van der Waals surface area contributed by atoms with Gasteiger partial charge in [-0.1, -0.05) is 119 Å². The summed E-state index contributed by atoms with van der Waals surface area (Å²) in [5.41, 5.74) is 2.43. The summed E-state index contributed by atoms with van der Waals surface area (Å²) in [6, 6.07) is 20.3. The number of carbonyl (C=O) groups is 8. The van der Waals surface area contributed by atoms with Gasteiger partial charge in [-0.3, -0.25) is 48.3 Å². The lowest BCUT2D eigenvalue weighted by molar-refractivity contribution is -0.166. The van der Waals surface area contributed by atoms with E-state index in [1.807, 2.05) is 105 Å². The lowest BCUT2D eigenvalue weighted by Gasteiger charge is -2.38. The summed E-state index contributed by atoms with van der Waals surface area (Å²) in [6.07, 6.45) is 0.0630. The second-order valence-electron chi connectivity index (χ2n) is 21.9. The van der Waals surface area contributed by atoms with Gasteiger partial charge in [0.2, 0.25) is 35.4 Å². The van der Waals surface area contributed by atoms with Gasteiger partial charge < -0.3 is 40.3 Å². The number of carbonyl (C=O) groups excluding carboxylic acids is 8. The molecule has 3 aromatic carbocycles. The molecule has 0 radical (unpaired) electrons. The molecule has 0 spiro atoms. The third-order valence-electron chi connectivity index (χ3n) is 15.4. The molecule has 4 bridgehead atoms. The van der Waals surface area contributed by atoms with E-state index in [0.717, 1.165) is 11.1 Å². The molecule has 0 aromatic heterocycles. The van der Waals surface area contributed by atoms with E-state index in [1.165, 1.54) is 40.4 Å². The second kappa shape index (κ2) is 27.1. The lowest BCUT2D eigenvalue weighted by Crippen LogP contribution is -2.59. The molecular formula is C59H77N9O9S2. The molecule has 11 atom stereocenters. The number of ether oxygens (including phenoxy) is 1. The Morgan fingerprint density at radius 3 is 1.68 bits per heavy atom. The van der Waals surface area contributed by atoms with Crippen molar-refractivity contribution in [1.29, 1.82) is 0 Å². The van der Waals surface area contributed by atoms with Crippen LogP contribution >= 0.6 is 23.5 Å². The first-order chi connectivity index (χ1) is 37.6. The van der Waals surface area contributed by atoms with Crippen molar-refractivity contribution in [1.82, 2.24) is 35.6 Å². The largest absolute Gasteiger partial charge is 0.452 e. The van der Waals surface area contributed by atoms with Crippen LogP contribution in [0.5, 0.6) is 0 Å². The quantitative estimate of drug-likeness (QED) is 0.265. The number of nitrogens with zero attached hydrogens (tertiary/aromatic N) is 6. The van der Waals surface area contributed by atoms with Crippen LogP contribution < -0.4 is 16.0 Å². The molecule has 4 aliphatic rings. The predicted molar refractivity (Wildman–Crippen MR) is 308 cm³/mol. The Balaban J connectivity index is 1.24. The Kier molecular flexibility index (Phi) is 20.6. The Morgan fingerprint density at radius 2 is 1.10 bits per heavy atom. The van der Waals surface area contributed by atoms with Crippen LogP contribution in [0.3, 0.4) is 0 Å². The minimum Gasteiger partial charge on any atom is -0.452 e. The van der Waals surface area contributed by atoms with Crippen molar-refractivity contribution in [3.63, 3.8) is 0 Å². The van der Waals surface area contributed by atoms with Crippen LogP contribution in [0.4, 0.5) is 0 Å². The predicted octanol–water partition coefficient (Wildman–Crippen LogP) is 4.58. The number of thioether (sulfide) groups is 2. The number of likely N-dealkylation sites (N-methyl/N-ethyl adjacent to an activating group) is 3. The highest BCUT2D eigenvalue weighted by atomic mass is 32.2. The van der Waals surface area contributed by atoms with Gasteiger partial charge in [0, 0.05) is 58.1 Å². The van der Waals surface area contributed by atoms with Crippen molar-refractivity contribution < 1.29 is 43.1 Å². The van der Waals surface area contributed by atoms with E-state index in [9.17, 15) is 33.6 Å². The maximum atomic E-state index is 15.0. The van der Waals surface area contributed by atoms with Crippen molar-refractivity contribution in [2.24, 2.45) is 27.7 Å². The van der Waals surface area contributed by atoms with Gasteiger partial charge in [-0.25, -0.2) is 0 Å². The van der Waals surface area contributed by atoms with E-state index in [4.69, 9.17) is 14.7 Å². The zero-order valence-electron chi connectivity index (χ0n) is 47.0. The lowest BCUT2D eigenvalue weighted by atomic mass is 9.98. The Labute approximate surface area is 473 Å². The molecule has 1 saturated heterocycles. The van der Waals surface area contributed by atoms with E-state index in [0.29, 0.717) is 40.7 Å². The smallest absolute Gasteiger partial charge is 0.311 e. The van der Waals surface area contributed by atoms with Gasteiger partial charge in [-0.05, 0) is 68.6 Å². The zero-order chi connectivity index (χ0) is 57.2. The molecule has 3 aromatic rings. The van der Waals surface area contributed by atoms with Crippen molar-refractivity contribution in [3.8, 4) is 0 Å². The molecule has 79 heavy (non-hydrogen) atoms. The summed E-state index contributed by atoms with van der Waals surface area (Å²) in [5, 5.41) is 10.0. The van der Waals surface area contributed by atoms with Crippen molar-refractivity contribution in [2.75, 3.05) is 39.2 Å². The van der Waals surface area contributed by atoms with Gasteiger partial charge in [0.05, 0.1) is 28.1 Å². The molecule has 3 N–H and O–H groups in total. The third kappa shape index (κ3) is 14.6. The molecule has 4 aliphatic heterocycles. The minimum absolute atomic E-state index is 0.0142. The second-order valence-corrected chi connectivity index (χ2v) is 24.0. The van der Waals surface area contributed by atoms with Crippen molar-refractivity contribution >= 4 is 80.9 Å². The van der Waals surface area contributed by atoms with Gasteiger partial charge in [0.15, 0.2) is 6.10 Å². The summed E-state index contributed by atoms with van der Waals surface area (Å²) in [4.78, 5) is 132. The first-order valence-corrected chi connectivity index (χ1v) is 29.4. The van der Waals surface area contributed by atoms with Crippen molar-refractivity contribution in [3.05, 3.63) is 108 Å². The number of nitrogens with one attached hydrogen (secondary N) is 3. The molecule has 0 saturated carbocycles. The van der Waals surface area contributed by atoms with Gasteiger partial charge in [-0.2, -0.15) is 0 Å². The topological polar surface area (TPSA) is 220 Å². The number of cyclic esters (lactones) is 1. The van der Waals surface area contributed by atoms with E-state index in [2.05, 4.69) is 16.0 Å². The zero-order valence-corrected chi connectivity index (χ0v) is 48.6. The Bertz CT molecular complexity index is 2750. The number of hydrogen-bond donors (Lipinski definition) is 3. The Hall–Kier alpha value is -6.54. The molecular weight excluding hydrogens is 1040 g/mol. The van der Waals surface area contributed by atoms with Crippen LogP contribution in [0.15, 0.2) is 101 Å². The van der Waals surface area contributed by atoms with E-state index in [-0.39, 0.29) is 37.0 Å². The minimum atomic E-state index is -1.38. The fourth-order valence-electron chi connectivity index (χ4n) is 10.5. The average Bonchev–Trinajstić information content (AvgIpc) is 4.28. The van der Waals surface area contributed by atoms with E-state index < -0.39 is 114 Å². The third-order valence-corrected chi connectivity index (χ3v) is 17.8. The van der Waals surface area contributed by atoms with Gasteiger partial charge >= 0.3 is 5.97 Å². The average molecular weight is 1120 g/mol. The molecule has 7 rings (SSSR count). The fourth-order valence-corrected chi connectivity index (χ4v) is 12.7.